The van der Waals surface area contributed by atoms with Crippen molar-refractivity contribution < 1.29 is 9.53 Å². The maximum absolute atomic E-state index is 12.1. The van der Waals surface area contributed by atoms with Crippen LogP contribution in [0.2, 0.25) is 0 Å². The average Bonchev–Trinajstić information content (AvgIpc) is 2.90. The second-order valence-electron chi connectivity index (χ2n) is 7.68. The van der Waals surface area contributed by atoms with E-state index in [1.165, 1.54) is 5.56 Å². The highest BCUT2D eigenvalue weighted by Crippen LogP contribution is 2.46. The van der Waals surface area contributed by atoms with E-state index in [1.807, 2.05) is 25.7 Å². The van der Waals surface area contributed by atoms with Crippen LogP contribution in [0.4, 0.5) is 4.79 Å². The van der Waals surface area contributed by atoms with Crippen molar-refractivity contribution in [1.29, 1.82) is 0 Å². The third-order valence-electron chi connectivity index (χ3n) is 4.66. The predicted octanol–water partition coefficient (Wildman–Crippen LogP) is 3.97. The van der Waals surface area contributed by atoms with Gasteiger partial charge in [0.2, 0.25) is 0 Å². The Labute approximate surface area is 146 Å². The molecule has 1 aliphatic heterocycles. The molecule has 126 valence electrons. The molecule has 23 heavy (non-hydrogen) atoms. The fourth-order valence-electron chi connectivity index (χ4n) is 3.39. The summed E-state index contributed by atoms with van der Waals surface area (Å²) in [7, 11) is 0. The Bertz CT molecular complexity index is 570. The van der Waals surface area contributed by atoms with E-state index in [2.05, 4.69) is 52.4 Å². The number of carbonyl (C=O) groups excluding carboxylic acids is 1. The summed E-state index contributed by atoms with van der Waals surface area (Å²) in [6.07, 6.45) is -0.176. The van der Waals surface area contributed by atoms with Gasteiger partial charge in [-0.25, -0.2) is 4.79 Å². The zero-order valence-electron chi connectivity index (χ0n) is 14.2. The molecule has 2 fully saturated rings. The molecule has 1 aliphatic carbocycles. The topological polar surface area (TPSA) is 41.6 Å². The number of carbonyl (C=O) groups is 1. The fraction of sp³-hybridized carbons (Fsp3) is 0.611. The van der Waals surface area contributed by atoms with Gasteiger partial charge in [0.05, 0.1) is 0 Å². The molecule has 1 heterocycles. The van der Waals surface area contributed by atoms with Gasteiger partial charge in [0.1, 0.15) is 5.60 Å². The molecule has 4 nitrogen and oxygen atoms in total. The molecule has 1 aromatic rings. The van der Waals surface area contributed by atoms with E-state index >= 15 is 0 Å². The van der Waals surface area contributed by atoms with Gasteiger partial charge < -0.3 is 15.0 Å². The van der Waals surface area contributed by atoms with Crippen molar-refractivity contribution in [3.63, 3.8) is 0 Å². The minimum Gasteiger partial charge on any atom is -0.444 e. The van der Waals surface area contributed by atoms with Gasteiger partial charge in [-0.3, -0.25) is 0 Å². The van der Waals surface area contributed by atoms with Gasteiger partial charge in [-0.15, -0.1) is 0 Å². The van der Waals surface area contributed by atoms with Crippen molar-refractivity contribution in [2.45, 2.75) is 45.4 Å². The Kier molecular flexibility index (Phi) is 4.45. The second-order valence-corrected chi connectivity index (χ2v) is 8.59. The quantitative estimate of drug-likeness (QED) is 0.862. The first-order valence-electron chi connectivity index (χ1n) is 8.24. The van der Waals surface area contributed by atoms with E-state index in [-0.39, 0.29) is 6.09 Å². The Morgan fingerprint density at radius 1 is 1.26 bits per heavy atom. The van der Waals surface area contributed by atoms with Crippen molar-refractivity contribution >= 4 is 22.0 Å². The molecule has 1 aromatic carbocycles. The van der Waals surface area contributed by atoms with E-state index < -0.39 is 5.60 Å². The van der Waals surface area contributed by atoms with Gasteiger partial charge in [-0.05, 0) is 57.2 Å². The van der Waals surface area contributed by atoms with Gasteiger partial charge in [0.25, 0.3) is 0 Å². The van der Waals surface area contributed by atoms with Crippen LogP contribution in [-0.4, -0.2) is 35.7 Å². The minimum atomic E-state index is -0.419. The number of likely N-dealkylation sites (tertiary alicyclic amines) is 1. The summed E-state index contributed by atoms with van der Waals surface area (Å²) in [5, 5.41) is 3.71. The van der Waals surface area contributed by atoms with Crippen molar-refractivity contribution in [3.05, 3.63) is 34.3 Å². The number of hydrogen-bond donors (Lipinski definition) is 1. The van der Waals surface area contributed by atoms with Crippen molar-refractivity contribution in [1.82, 2.24) is 10.2 Å². The lowest BCUT2D eigenvalue weighted by molar-refractivity contribution is 0.0269. The molecule has 1 N–H and O–H groups in total. The molecule has 3 rings (SSSR count). The van der Waals surface area contributed by atoms with Gasteiger partial charge in [-0.2, -0.15) is 0 Å². The van der Waals surface area contributed by atoms with Crippen LogP contribution in [0.3, 0.4) is 0 Å². The van der Waals surface area contributed by atoms with Crippen LogP contribution in [0.25, 0.3) is 0 Å². The number of hydrogen-bond acceptors (Lipinski definition) is 3. The average molecular weight is 381 g/mol. The first-order chi connectivity index (χ1) is 10.7. The predicted molar refractivity (Wildman–Crippen MR) is 94.3 cm³/mol. The fourth-order valence-corrected chi connectivity index (χ4v) is 3.65. The molecule has 1 amide bonds. The van der Waals surface area contributed by atoms with Crippen LogP contribution in [0.15, 0.2) is 28.7 Å². The third kappa shape index (κ3) is 3.89. The molecule has 0 bridgehead atoms. The standard InChI is InChI=1S/C18H25BrN2O2/c1-11(12-5-7-13(19)8-6-12)20-16-14-9-21(10-15(14)16)17(22)23-18(2,3)4/h5-8,11,14-16,20H,9-10H2,1-4H3. The Hall–Kier alpha value is -1.07. The summed E-state index contributed by atoms with van der Waals surface area (Å²) in [5.41, 5.74) is 0.875. The normalized spacial score (nSPS) is 27.5. The van der Waals surface area contributed by atoms with Gasteiger partial charge in [0.15, 0.2) is 0 Å². The van der Waals surface area contributed by atoms with Crippen LogP contribution in [-0.2, 0) is 4.74 Å². The molecule has 2 aliphatic rings. The molecule has 3 unspecified atom stereocenters. The summed E-state index contributed by atoms with van der Waals surface area (Å²) in [4.78, 5) is 13.9. The molecule has 3 atom stereocenters. The molecule has 5 heteroatoms. The smallest absolute Gasteiger partial charge is 0.410 e. The minimum absolute atomic E-state index is 0.176. The highest BCUT2D eigenvalue weighted by Gasteiger charge is 2.57. The van der Waals surface area contributed by atoms with Gasteiger partial charge >= 0.3 is 6.09 Å². The number of halogens is 1. The number of rotatable bonds is 3. The van der Waals surface area contributed by atoms with Crippen LogP contribution in [0, 0.1) is 11.8 Å². The molecule has 0 aromatic heterocycles. The Balaban J connectivity index is 1.48. The lowest BCUT2D eigenvalue weighted by Gasteiger charge is -2.26. The summed E-state index contributed by atoms with van der Waals surface area (Å²) in [6.45, 7) is 9.54. The summed E-state index contributed by atoms with van der Waals surface area (Å²) < 4.78 is 6.55. The zero-order valence-corrected chi connectivity index (χ0v) is 15.8. The number of benzene rings is 1. The number of fused-ring (bicyclic) bond motifs is 1. The first kappa shape index (κ1) is 16.8. The molecule has 0 radical (unpaired) electrons. The van der Waals surface area contributed by atoms with Crippen LogP contribution in [0.5, 0.6) is 0 Å². The highest BCUT2D eigenvalue weighted by atomic mass is 79.9. The third-order valence-corrected chi connectivity index (χ3v) is 5.19. The molecule has 1 saturated heterocycles. The maximum Gasteiger partial charge on any atom is 0.410 e. The highest BCUT2D eigenvalue weighted by molar-refractivity contribution is 9.10. The van der Waals surface area contributed by atoms with E-state index in [4.69, 9.17) is 4.74 Å². The van der Waals surface area contributed by atoms with Crippen molar-refractivity contribution in [3.8, 4) is 0 Å². The van der Waals surface area contributed by atoms with Crippen LogP contribution >= 0.6 is 15.9 Å². The molecule has 0 spiro atoms. The van der Waals surface area contributed by atoms with Gasteiger partial charge in [-0.1, -0.05) is 28.1 Å². The second kappa shape index (κ2) is 6.10. The van der Waals surface area contributed by atoms with E-state index in [0.29, 0.717) is 23.9 Å². The van der Waals surface area contributed by atoms with E-state index in [1.54, 1.807) is 0 Å². The summed E-state index contributed by atoms with van der Waals surface area (Å²) in [5.74, 6) is 1.14. The van der Waals surface area contributed by atoms with Crippen LogP contribution < -0.4 is 5.32 Å². The summed E-state index contributed by atoms with van der Waals surface area (Å²) >= 11 is 3.47. The van der Waals surface area contributed by atoms with E-state index in [9.17, 15) is 4.79 Å². The molecule has 1 saturated carbocycles. The first-order valence-corrected chi connectivity index (χ1v) is 9.03. The van der Waals surface area contributed by atoms with Gasteiger partial charge in [0, 0.05) is 29.6 Å². The summed E-state index contributed by atoms with van der Waals surface area (Å²) in [6, 6.07) is 9.29. The molecular weight excluding hydrogens is 356 g/mol. The lowest BCUT2D eigenvalue weighted by atomic mass is 10.1. The monoisotopic (exact) mass is 380 g/mol. The zero-order chi connectivity index (χ0) is 16.8. The Morgan fingerprint density at radius 3 is 2.35 bits per heavy atom. The lowest BCUT2D eigenvalue weighted by Crippen LogP contribution is -2.39. The number of ether oxygens (including phenoxy) is 1. The largest absolute Gasteiger partial charge is 0.444 e. The SMILES string of the molecule is CC(NC1C2CN(C(=O)OC(C)(C)C)CC21)c1ccc(Br)cc1. The maximum atomic E-state index is 12.1. The van der Waals surface area contributed by atoms with Crippen LogP contribution in [0.1, 0.15) is 39.3 Å². The van der Waals surface area contributed by atoms with Crippen molar-refractivity contribution in [2.75, 3.05) is 13.1 Å². The molecular formula is C18H25BrN2O2. The Morgan fingerprint density at radius 2 is 1.83 bits per heavy atom. The van der Waals surface area contributed by atoms with E-state index in [0.717, 1.165) is 17.6 Å². The number of nitrogens with one attached hydrogen (secondary N) is 1. The number of nitrogens with zero attached hydrogens (tertiary/aromatic N) is 1. The van der Waals surface area contributed by atoms with Crippen molar-refractivity contribution in [2.24, 2.45) is 11.8 Å². The number of piperidine rings is 1. The number of amides is 1.